The molecule has 2 bridgehead atoms. The summed E-state index contributed by atoms with van der Waals surface area (Å²) in [5, 5.41) is 9.88. The summed E-state index contributed by atoms with van der Waals surface area (Å²) in [6.07, 6.45) is 8.10. The summed E-state index contributed by atoms with van der Waals surface area (Å²) in [6, 6.07) is 0. The maximum Gasteiger partial charge on any atom is 0.0601 e. The van der Waals surface area contributed by atoms with E-state index in [1.54, 1.807) is 0 Å². The van der Waals surface area contributed by atoms with E-state index in [1.165, 1.54) is 32.1 Å². The largest absolute Gasteiger partial charge is 0.393 e. The van der Waals surface area contributed by atoms with Gasteiger partial charge in [-0.2, -0.15) is 0 Å². The quantitative estimate of drug-likeness (QED) is 0.562. The predicted molar refractivity (Wildman–Crippen MR) is 43.1 cm³/mol. The third-order valence-corrected chi connectivity index (χ3v) is 4.64. The summed E-state index contributed by atoms with van der Waals surface area (Å²) in [5.41, 5.74) is 0.435. The van der Waals surface area contributed by atoms with Crippen molar-refractivity contribution in [2.45, 2.75) is 44.6 Å². The molecule has 62 valence electrons. The third kappa shape index (κ3) is 0.581. The number of hydrogen-bond donors (Lipinski definition) is 1. The Morgan fingerprint density at radius 3 is 2.82 bits per heavy atom. The zero-order valence-electron chi connectivity index (χ0n) is 6.92. The molecule has 4 atom stereocenters. The van der Waals surface area contributed by atoms with Crippen LogP contribution in [0, 0.1) is 17.3 Å². The average Bonchev–Trinajstić information content (AvgIpc) is 2.54. The van der Waals surface area contributed by atoms with Gasteiger partial charge in [0.2, 0.25) is 0 Å². The van der Waals surface area contributed by atoms with Crippen LogP contribution in [-0.4, -0.2) is 11.2 Å². The van der Waals surface area contributed by atoms with Crippen molar-refractivity contribution < 1.29 is 5.11 Å². The fourth-order valence-electron chi connectivity index (χ4n) is 4.18. The molecule has 0 aromatic heterocycles. The van der Waals surface area contributed by atoms with Gasteiger partial charge in [0.25, 0.3) is 0 Å². The highest BCUT2D eigenvalue weighted by Gasteiger charge is 2.60. The summed E-state index contributed by atoms with van der Waals surface area (Å²) in [4.78, 5) is 0. The lowest BCUT2D eigenvalue weighted by Gasteiger charge is -2.30. The van der Waals surface area contributed by atoms with E-state index in [0.717, 1.165) is 18.3 Å². The minimum absolute atomic E-state index is 0.0775. The van der Waals surface area contributed by atoms with Gasteiger partial charge in [-0.15, -0.1) is 0 Å². The van der Waals surface area contributed by atoms with Crippen LogP contribution >= 0.6 is 0 Å². The molecule has 3 aliphatic rings. The van der Waals surface area contributed by atoms with Crippen LogP contribution in [0.3, 0.4) is 0 Å². The minimum Gasteiger partial charge on any atom is -0.393 e. The van der Waals surface area contributed by atoms with Crippen molar-refractivity contribution in [1.29, 1.82) is 0 Å². The van der Waals surface area contributed by atoms with Gasteiger partial charge in [-0.25, -0.2) is 0 Å². The Labute approximate surface area is 67.8 Å². The van der Waals surface area contributed by atoms with Crippen molar-refractivity contribution >= 4 is 0 Å². The molecular formula is C10H16O. The fourth-order valence-corrected chi connectivity index (χ4v) is 4.18. The minimum atomic E-state index is 0.0775. The van der Waals surface area contributed by atoms with E-state index in [2.05, 4.69) is 0 Å². The molecule has 3 aliphatic carbocycles. The molecule has 0 radical (unpaired) electrons. The smallest absolute Gasteiger partial charge is 0.0601 e. The van der Waals surface area contributed by atoms with E-state index < -0.39 is 0 Å². The zero-order chi connectivity index (χ0) is 7.47. The van der Waals surface area contributed by atoms with Crippen LogP contribution in [0.25, 0.3) is 0 Å². The predicted octanol–water partition coefficient (Wildman–Crippen LogP) is 1.95. The highest BCUT2D eigenvalue weighted by Crippen LogP contribution is 2.65. The summed E-state index contributed by atoms with van der Waals surface area (Å²) in [7, 11) is 0. The van der Waals surface area contributed by atoms with E-state index in [4.69, 9.17) is 0 Å². The van der Waals surface area contributed by atoms with Crippen LogP contribution in [0.15, 0.2) is 0 Å². The maximum absolute atomic E-state index is 9.88. The Hall–Kier alpha value is -0.0400. The molecule has 0 spiro atoms. The summed E-state index contributed by atoms with van der Waals surface area (Å²) >= 11 is 0. The molecule has 3 rings (SSSR count). The first-order valence-corrected chi connectivity index (χ1v) is 5.01. The SMILES string of the molecule is OC1CC2CCC13CCCC23. The van der Waals surface area contributed by atoms with Crippen LogP contribution < -0.4 is 0 Å². The standard InChI is InChI=1S/C10H16O/c11-9-6-7-3-5-10(9)4-1-2-8(7)10/h7-9,11H,1-6H2. The Balaban J connectivity index is 2.03. The molecule has 1 nitrogen and oxygen atoms in total. The van der Waals surface area contributed by atoms with E-state index in [9.17, 15) is 5.11 Å². The van der Waals surface area contributed by atoms with Crippen molar-refractivity contribution in [2.24, 2.45) is 17.3 Å². The first-order valence-electron chi connectivity index (χ1n) is 5.01. The second kappa shape index (κ2) is 1.82. The van der Waals surface area contributed by atoms with Crippen LogP contribution in [0.5, 0.6) is 0 Å². The number of hydrogen-bond acceptors (Lipinski definition) is 1. The van der Waals surface area contributed by atoms with Crippen LogP contribution in [-0.2, 0) is 0 Å². The van der Waals surface area contributed by atoms with E-state index in [0.29, 0.717) is 5.41 Å². The highest BCUT2D eigenvalue weighted by atomic mass is 16.3. The third-order valence-electron chi connectivity index (χ3n) is 4.64. The van der Waals surface area contributed by atoms with Gasteiger partial charge >= 0.3 is 0 Å². The number of rotatable bonds is 0. The molecule has 3 fully saturated rings. The molecule has 0 aliphatic heterocycles. The first-order chi connectivity index (χ1) is 5.33. The molecule has 0 saturated heterocycles. The highest BCUT2D eigenvalue weighted by molar-refractivity contribution is 5.10. The van der Waals surface area contributed by atoms with Gasteiger partial charge in [0.05, 0.1) is 6.10 Å². The van der Waals surface area contributed by atoms with Crippen molar-refractivity contribution in [3.05, 3.63) is 0 Å². The Bertz CT molecular complexity index is 185. The second-order valence-electron chi connectivity index (χ2n) is 4.78. The molecule has 0 aromatic rings. The lowest BCUT2D eigenvalue weighted by atomic mass is 9.79. The van der Waals surface area contributed by atoms with Crippen LogP contribution in [0.1, 0.15) is 38.5 Å². The summed E-state index contributed by atoms with van der Waals surface area (Å²) < 4.78 is 0. The molecule has 1 N–H and O–H groups in total. The van der Waals surface area contributed by atoms with Gasteiger partial charge in [0.15, 0.2) is 0 Å². The average molecular weight is 152 g/mol. The van der Waals surface area contributed by atoms with Gasteiger partial charge in [-0.05, 0) is 49.4 Å². The maximum atomic E-state index is 9.88. The van der Waals surface area contributed by atoms with Gasteiger partial charge in [-0.3, -0.25) is 0 Å². The molecule has 3 saturated carbocycles. The first kappa shape index (κ1) is 6.47. The van der Waals surface area contributed by atoms with Crippen LogP contribution in [0.2, 0.25) is 0 Å². The lowest BCUT2D eigenvalue weighted by Crippen LogP contribution is -2.30. The van der Waals surface area contributed by atoms with Gasteiger partial charge < -0.3 is 5.11 Å². The topological polar surface area (TPSA) is 20.2 Å². The molecular weight excluding hydrogens is 136 g/mol. The molecule has 0 aromatic carbocycles. The van der Waals surface area contributed by atoms with Crippen molar-refractivity contribution in [1.82, 2.24) is 0 Å². The zero-order valence-corrected chi connectivity index (χ0v) is 6.92. The number of aliphatic hydroxyl groups excluding tert-OH is 1. The fraction of sp³-hybridized carbons (Fsp3) is 1.00. The Morgan fingerprint density at radius 1 is 1.18 bits per heavy atom. The van der Waals surface area contributed by atoms with E-state index >= 15 is 0 Å². The van der Waals surface area contributed by atoms with Crippen molar-refractivity contribution in [3.8, 4) is 0 Å². The van der Waals surface area contributed by atoms with Gasteiger partial charge in [0, 0.05) is 0 Å². The summed E-state index contributed by atoms with van der Waals surface area (Å²) in [5.74, 6) is 1.84. The Morgan fingerprint density at radius 2 is 2.09 bits per heavy atom. The van der Waals surface area contributed by atoms with Crippen molar-refractivity contribution in [3.63, 3.8) is 0 Å². The van der Waals surface area contributed by atoms with E-state index in [-0.39, 0.29) is 6.10 Å². The van der Waals surface area contributed by atoms with E-state index in [1.807, 2.05) is 0 Å². The number of aliphatic hydroxyl groups is 1. The van der Waals surface area contributed by atoms with Crippen LogP contribution in [0.4, 0.5) is 0 Å². The molecule has 0 amide bonds. The summed E-state index contributed by atoms with van der Waals surface area (Å²) in [6.45, 7) is 0. The van der Waals surface area contributed by atoms with Crippen molar-refractivity contribution in [2.75, 3.05) is 0 Å². The monoisotopic (exact) mass is 152 g/mol. The normalized spacial score (nSPS) is 60.3. The van der Waals surface area contributed by atoms with Gasteiger partial charge in [-0.1, -0.05) is 6.42 Å². The molecule has 11 heavy (non-hydrogen) atoms. The Kier molecular flexibility index (Phi) is 1.07. The van der Waals surface area contributed by atoms with Gasteiger partial charge in [0.1, 0.15) is 0 Å². The molecule has 4 unspecified atom stereocenters. The molecule has 1 heteroatoms. The second-order valence-corrected chi connectivity index (χ2v) is 4.78. The lowest BCUT2D eigenvalue weighted by molar-refractivity contribution is 0.0331. The molecule has 0 heterocycles.